The Labute approximate surface area is 101 Å². The van der Waals surface area contributed by atoms with Crippen molar-refractivity contribution in [1.82, 2.24) is 9.78 Å². The van der Waals surface area contributed by atoms with Crippen LogP contribution in [0.2, 0.25) is 0 Å². The number of benzene rings is 1. The highest BCUT2D eigenvalue weighted by atomic mass is 16.5. The van der Waals surface area contributed by atoms with Gasteiger partial charge in [0.2, 0.25) is 0 Å². The van der Waals surface area contributed by atoms with Crippen LogP contribution in [0.15, 0.2) is 36.7 Å². The molecule has 0 unspecified atom stereocenters. The average Bonchev–Trinajstić information content (AvgIpc) is 2.74. The van der Waals surface area contributed by atoms with E-state index in [4.69, 9.17) is 0 Å². The summed E-state index contributed by atoms with van der Waals surface area (Å²) in [5, 5.41) is 4.21. The zero-order valence-corrected chi connectivity index (χ0v) is 9.88. The van der Waals surface area contributed by atoms with Crippen LogP contribution < -0.4 is 5.46 Å². The minimum Gasteiger partial charge on any atom is -0.465 e. The molecule has 0 N–H and O–H groups in total. The van der Waals surface area contributed by atoms with E-state index in [1.807, 2.05) is 43.1 Å². The van der Waals surface area contributed by atoms with Crippen molar-refractivity contribution in [2.75, 3.05) is 7.11 Å². The molecule has 0 atom stereocenters. The lowest BCUT2D eigenvalue weighted by atomic mass is 10.0. The maximum absolute atomic E-state index is 11.4. The fourth-order valence-corrected chi connectivity index (χ4v) is 1.65. The molecular formula is C12H13BN2O2. The molecule has 1 heterocycles. The number of hydrogen-bond donors (Lipinski definition) is 0. The third-order valence-corrected chi connectivity index (χ3v) is 2.45. The number of carbonyl (C=O) groups excluding carboxylic acids is 1. The van der Waals surface area contributed by atoms with Crippen molar-refractivity contribution in [3.8, 4) is 0 Å². The van der Waals surface area contributed by atoms with E-state index in [0.29, 0.717) is 12.1 Å². The SMILES string of the molecule is Bc1cnn(Cc2cccc(C(=O)OC)c2)c1. The smallest absolute Gasteiger partial charge is 0.337 e. The lowest BCUT2D eigenvalue weighted by Gasteiger charge is -2.04. The van der Waals surface area contributed by atoms with E-state index in [0.717, 1.165) is 11.0 Å². The number of nitrogens with zero attached hydrogens (tertiary/aromatic N) is 2. The fourth-order valence-electron chi connectivity index (χ4n) is 1.65. The van der Waals surface area contributed by atoms with Gasteiger partial charge in [0.15, 0.2) is 0 Å². The number of esters is 1. The number of methoxy groups -OCH3 is 1. The molecule has 17 heavy (non-hydrogen) atoms. The van der Waals surface area contributed by atoms with E-state index in [2.05, 4.69) is 9.84 Å². The van der Waals surface area contributed by atoms with Crippen molar-refractivity contribution < 1.29 is 9.53 Å². The number of hydrogen-bond acceptors (Lipinski definition) is 3. The molecule has 86 valence electrons. The Bertz CT molecular complexity index is 537. The van der Waals surface area contributed by atoms with Gasteiger partial charge < -0.3 is 4.74 Å². The predicted octanol–water partition coefficient (Wildman–Crippen LogP) is -0.0236. The predicted molar refractivity (Wildman–Crippen MR) is 67.3 cm³/mol. The maximum atomic E-state index is 11.4. The van der Waals surface area contributed by atoms with Gasteiger partial charge in [-0.1, -0.05) is 17.6 Å². The van der Waals surface area contributed by atoms with Crippen LogP contribution in [0, 0.1) is 0 Å². The van der Waals surface area contributed by atoms with Crippen LogP contribution in [0.25, 0.3) is 0 Å². The van der Waals surface area contributed by atoms with Crippen LogP contribution in [0.4, 0.5) is 0 Å². The first-order valence-electron chi connectivity index (χ1n) is 5.35. The second-order valence-electron chi connectivity index (χ2n) is 3.91. The van der Waals surface area contributed by atoms with Crippen LogP contribution in [0.3, 0.4) is 0 Å². The first-order valence-corrected chi connectivity index (χ1v) is 5.35. The monoisotopic (exact) mass is 228 g/mol. The Balaban J connectivity index is 2.19. The van der Waals surface area contributed by atoms with E-state index < -0.39 is 0 Å². The molecule has 2 rings (SSSR count). The second kappa shape index (κ2) is 4.87. The van der Waals surface area contributed by atoms with Gasteiger partial charge in [0, 0.05) is 12.4 Å². The van der Waals surface area contributed by atoms with Crippen molar-refractivity contribution >= 4 is 19.3 Å². The van der Waals surface area contributed by atoms with E-state index in [1.54, 1.807) is 6.07 Å². The van der Waals surface area contributed by atoms with Crippen molar-refractivity contribution in [1.29, 1.82) is 0 Å². The molecule has 2 aromatic rings. The molecule has 5 heteroatoms. The fraction of sp³-hybridized carbons (Fsp3) is 0.167. The van der Waals surface area contributed by atoms with Gasteiger partial charge in [-0.3, -0.25) is 4.68 Å². The van der Waals surface area contributed by atoms with Gasteiger partial charge in [0.05, 0.1) is 19.2 Å². The second-order valence-corrected chi connectivity index (χ2v) is 3.91. The summed E-state index contributed by atoms with van der Waals surface area (Å²) in [6.45, 7) is 0.651. The summed E-state index contributed by atoms with van der Waals surface area (Å²) in [5.41, 5.74) is 2.71. The number of ether oxygens (including phenoxy) is 1. The van der Waals surface area contributed by atoms with Crippen molar-refractivity contribution in [2.24, 2.45) is 0 Å². The Morgan fingerprint density at radius 3 is 3.00 bits per heavy atom. The van der Waals surface area contributed by atoms with Gasteiger partial charge in [0.25, 0.3) is 0 Å². The minimum atomic E-state index is -0.316. The van der Waals surface area contributed by atoms with Crippen LogP contribution in [-0.4, -0.2) is 30.7 Å². The third kappa shape index (κ3) is 2.75. The van der Waals surface area contributed by atoms with Crippen molar-refractivity contribution in [3.05, 3.63) is 47.8 Å². The molecular weight excluding hydrogens is 215 g/mol. The molecule has 1 aromatic carbocycles. The summed E-state index contributed by atoms with van der Waals surface area (Å²) in [7, 11) is 3.38. The molecule has 0 radical (unpaired) electrons. The van der Waals surface area contributed by atoms with Gasteiger partial charge in [-0.2, -0.15) is 5.10 Å². The largest absolute Gasteiger partial charge is 0.465 e. The van der Waals surface area contributed by atoms with Crippen molar-refractivity contribution in [2.45, 2.75) is 6.54 Å². The minimum absolute atomic E-state index is 0.316. The Kier molecular flexibility index (Phi) is 3.28. The zero-order chi connectivity index (χ0) is 12.3. The van der Waals surface area contributed by atoms with Crippen LogP contribution in [-0.2, 0) is 11.3 Å². The van der Waals surface area contributed by atoms with E-state index in [1.165, 1.54) is 7.11 Å². The standard InChI is InChI=1S/C12H13BN2O2/c1-17-12(16)10-4-2-3-9(5-10)7-15-8-11(13)6-14-15/h2-6,8H,7,13H2,1H3. The molecule has 0 spiro atoms. The average molecular weight is 228 g/mol. The topological polar surface area (TPSA) is 44.1 Å². The lowest BCUT2D eigenvalue weighted by molar-refractivity contribution is 0.0600. The summed E-state index contributed by atoms with van der Waals surface area (Å²) in [4.78, 5) is 11.4. The zero-order valence-electron chi connectivity index (χ0n) is 9.88. The Hall–Kier alpha value is -2.04. The van der Waals surface area contributed by atoms with E-state index in [9.17, 15) is 4.79 Å². The Morgan fingerprint density at radius 1 is 1.53 bits per heavy atom. The summed E-state index contributed by atoms with van der Waals surface area (Å²) < 4.78 is 6.52. The highest BCUT2D eigenvalue weighted by molar-refractivity contribution is 6.31. The molecule has 0 aliphatic carbocycles. The molecule has 0 amide bonds. The molecule has 0 bridgehead atoms. The van der Waals surface area contributed by atoms with Crippen LogP contribution >= 0.6 is 0 Å². The number of rotatable bonds is 3. The number of aromatic nitrogens is 2. The highest BCUT2D eigenvalue weighted by Gasteiger charge is 2.05. The molecule has 0 fully saturated rings. The Morgan fingerprint density at radius 2 is 2.35 bits per heavy atom. The molecule has 0 aliphatic rings. The first kappa shape index (κ1) is 11.5. The normalized spacial score (nSPS) is 10.2. The molecule has 0 saturated carbocycles. The summed E-state index contributed by atoms with van der Waals surface area (Å²) in [5.74, 6) is -0.316. The van der Waals surface area contributed by atoms with Gasteiger partial charge in [-0.05, 0) is 17.7 Å². The van der Waals surface area contributed by atoms with Crippen LogP contribution in [0.1, 0.15) is 15.9 Å². The molecule has 0 aliphatic heterocycles. The van der Waals surface area contributed by atoms with E-state index in [-0.39, 0.29) is 5.97 Å². The summed E-state index contributed by atoms with van der Waals surface area (Å²) >= 11 is 0. The van der Waals surface area contributed by atoms with Crippen LogP contribution in [0.5, 0.6) is 0 Å². The third-order valence-electron chi connectivity index (χ3n) is 2.45. The summed E-state index contributed by atoms with van der Waals surface area (Å²) in [6, 6.07) is 7.37. The maximum Gasteiger partial charge on any atom is 0.337 e. The van der Waals surface area contributed by atoms with E-state index >= 15 is 0 Å². The van der Waals surface area contributed by atoms with Crippen molar-refractivity contribution in [3.63, 3.8) is 0 Å². The quantitative estimate of drug-likeness (QED) is 0.547. The van der Waals surface area contributed by atoms with Gasteiger partial charge in [-0.15, -0.1) is 0 Å². The van der Waals surface area contributed by atoms with Gasteiger partial charge in [-0.25, -0.2) is 4.79 Å². The molecule has 4 nitrogen and oxygen atoms in total. The molecule has 1 aromatic heterocycles. The highest BCUT2D eigenvalue weighted by Crippen LogP contribution is 2.07. The van der Waals surface area contributed by atoms with Gasteiger partial charge in [0.1, 0.15) is 7.85 Å². The number of carbonyl (C=O) groups is 1. The first-order chi connectivity index (χ1) is 8.19. The lowest BCUT2D eigenvalue weighted by Crippen LogP contribution is -2.05. The summed E-state index contributed by atoms with van der Waals surface area (Å²) in [6.07, 6.45) is 3.77. The van der Waals surface area contributed by atoms with Gasteiger partial charge >= 0.3 is 5.97 Å². The molecule has 0 saturated heterocycles.